The fourth-order valence-electron chi connectivity index (χ4n) is 2.51. The van der Waals surface area contributed by atoms with Gasteiger partial charge in [-0.3, -0.25) is 0 Å². The van der Waals surface area contributed by atoms with Gasteiger partial charge in [-0.15, -0.1) is 0 Å². The van der Waals surface area contributed by atoms with Crippen molar-refractivity contribution in [1.29, 1.82) is 0 Å². The summed E-state index contributed by atoms with van der Waals surface area (Å²) in [5.41, 5.74) is 0. The first-order valence-electron chi connectivity index (χ1n) is 8.63. The highest BCUT2D eigenvalue weighted by Crippen LogP contribution is 2.12. The summed E-state index contributed by atoms with van der Waals surface area (Å²) in [6, 6.07) is 3.93. The summed E-state index contributed by atoms with van der Waals surface area (Å²) < 4.78 is 5.25. The first-order valence-corrected chi connectivity index (χ1v) is 8.63. The molecule has 1 nitrogen and oxygen atoms in total. The van der Waals surface area contributed by atoms with Crippen molar-refractivity contribution in [3.05, 3.63) is 30.2 Å². The fourth-order valence-corrected chi connectivity index (χ4v) is 2.51. The van der Waals surface area contributed by atoms with Crippen LogP contribution in [0.15, 0.2) is 28.9 Å². The molecule has 20 heavy (non-hydrogen) atoms. The molecule has 0 amide bonds. The van der Waals surface area contributed by atoms with E-state index in [1.54, 1.807) is 6.26 Å². The van der Waals surface area contributed by atoms with E-state index in [1.807, 2.05) is 12.1 Å². The van der Waals surface area contributed by atoms with E-state index in [4.69, 9.17) is 4.42 Å². The Kier molecular flexibility index (Phi) is 11.1. The van der Waals surface area contributed by atoms with Crippen LogP contribution in [0.2, 0.25) is 0 Å². The molecule has 0 saturated heterocycles. The molecule has 1 heteroatoms. The number of hydrogen-bond acceptors (Lipinski definition) is 1. The minimum absolute atomic E-state index is 0.966. The summed E-state index contributed by atoms with van der Waals surface area (Å²) in [5.74, 6) is 0.966. The van der Waals surface area contributed by atoms with Gasteiger partial charge in [0.05, 0.1) is 6.26 Å². The average Bonchev–Trinajstić information content (AvgIpc) is 2.97. The Morgan fingerprint density at radius 2 is 1.45 bits per heavy atom. The molecule has 1 heterocycles. The molecule has 0 aliphatic rings. The Labute approximate surface area is 125 Å². The van der Waals surface area contributed by atoms with E-state index in [0.717, 1.165) is 5.76 Å². The number of hydrogen-bond donors (Lipinski definition) is 0. The molecule has 0 bridgehead atoms. The first kappa shape index (κ1) is 17.1. The average molecular weight is 276 g/mol. The van der Waals surface area contributed by atoms with E-state index in [-0.39, 0.29) is 0 Å². The molecule has 0 spiro atoms. The minimum atomic E-state index is 0.966. The monoisotopic (exact) mass is 276 g/mol. The maximum atomic E-state index is 5.25. The number of rotatable bonds is 13. The SMILES string of the molecule is CCCCCCCCCCCCC/C=C/c1ccco1. The zero-order chi connectivity index (χ0) is 14.3. The molecule has 0 fully saturated rings. The third-order valence-corrected chi connectivity index (χ3v) is 3.80. The summed E-state index contributed by atoms with van der Waals surface area (Å²) in [4.78, 5) is 0. The normalized spacial score (nSPS) is 11.4. The van der Waals surface area contributed by atoms with Gasteiger partial charge < -0.3 is 4.42 Å². The summed E-state index contributed by atoms with van der Waals surface area (Å²) in [7, 11) is 0. The predicted molar refractivity (Wildman–Crippen MR) is 88.8 cm³/mol. The van der Waals surface area contributed by atoms with Gasteiger partial charge in [0.15, 0.2) is 0 Å². The Morgan fingerprint density at radius 1 is 0.850 bits per heavy atom. The van der Waals surface area contributed by atoms with Crippen LogP contribution in [0.4, 0.5) is 0 Å². The van der Waals surface area contributed by atoms with Gasteiger partial charge in [0.2, 0.25) is 0 Å². The smallest absolute Gasteiger partial charge is 0.126 e. The molecule has 0 N–H and O–H groups in total. The standard InChI is InChI=1S/C19H32O/c1-2-3-4-5-6-7-8-9-10-11-12-13-14-16-19-17-15-18-20-19/h14-18H,2-13H2,1H3/b16-14+. The Balaban J connectivity index is 1.76. The summed E-state index contributed by atoms with van der Waals surface area (Å²) in [6.45, 7) is 2.28. The van der Waals surface area contributed by atoms with Crippen molar-refractivity contribution in [1.82, 2.24) is 0 Å². The molecule has 0 aliphatic heterocycles. The molecule has 0 unspecified atom stereocenters. The van der Waals surface area contributed by atoms with Crippen molar-refractivity contribution in [2.45, 2.75) is 84.0 Å². The van der Waals surface area contributed by atoms with E-state index in [0.29, 0.717) is 0 Å². The summed E-state index contributed by atoms with van der Waals surface area (Å²) in [6.07, 6.45) is 22.7. The van der Waals surface area contributed by atoms with Crippen LogP contribution in [0.5, 0.6) is 0 Å². The molecule has 0 radical (unpaired) electrons. The van der Waals surface area contributed by atoms with Crippen LogP contribution in [0.25, 0.3) is 6.08 Å². The molecule has 114 valence electrons. The van der Waals surface area contributed by atoms with Crippen LogP contribution >= 0.6 is 0 Å². The van der Waals surface area contributed by atoms with Gasteiger partial charge in [0, 0.05) is 0 Å². The maximum absolute atomic E-state index is 5.25. The molecule has 1 aromatic heterocycles. The highest BCUT2D eigenvalue weighted by atomic mass is 16.3. The van der Waals surface area contributed by atoms with E-state index in [9.17, 15) is 0 Å². The van der Waals surface area contributed by atoms with Gasteiger partial charge >= 0.3 is 0 Å². The van der Waals surface area contributed by atoms with Gasteiger partial charge in [0.25, 0.3) is 0 Å². The lowest BCUT2D eigenvalue weighted by molar-refractivity contribution is 0.550. The van der Waals surface area contributed by atoms with E-state index in [2.05, 4.69) is 19.1 Å². The molecule has 0 aliphatic carbocycles. The molecule has 0 aromatic carbocycles. The Hall–Kier alpha value is -0.980. The highest BCUT2D eigenvalue weighted by Gasteiger charge is 1.92. The Bertz CT molecular complexity index is 311. The molecule has 0 saturated carbocycles. The van der Waals surface area contributed by atoms with E-state index in [1.165, 1.54) is 77.0 Å². The maximum Gasteiger partial charge on any atom is 0.126 e. The van der Waals surface area contributed by atoms with Crippen LogP contribution < -0.4 is 0 Å². The topological polar surface area (TPSA) is 13.1 Å². The molecular formula is C19H32O. The second-order valence-corrected chi connectivity index (χ2v) is 5.74. The number of unbranched alkanes of at least 4 members (excludes halogenated alkanes) is 11. The van der Waals surface area contributed by atoms with Gasteiger partial charge in [-0.25, -0.2) is 0 Å². The summed E-state index contributed by atoms with van der Waals surface area (Å²) in [5, 5.41) is 0. The predicted octanol–water partition coefficient (Wildman–Crippen LogP) is 6.99. The van der Waals surface area contributed by atoms with Gasteiger partial charge in [-0.05, 0) is 31.1 Å². The minimum Gasteiger partial charge on any atom is -0.465 e. The van der Waals surface area contributed by atoms with Gasteiger partial charge in [-0.1, -0.05) is 77.2 Å². The second kappa shape index (κ2) is 13.0. The quantitative estimate of drug-likeness (QED) is 0.354. The molecule has 0 atom stereocenters. The van der Waals surface area contributed by atoms with Crippen molar-refractivity contribution in [2.75, 3.05) is 0 Å². The third kappa shape index (κ3) is 9.89. The van der Waals surface area contributed by atoms with Crippen LogP contribution in [0.1, 0.15) is 89.7 Å². The zero-order valence-electron chi connectivity index (χ0n) is 13.3. The number of furan rings is 1. The van der Waals surface area contributed by atoms with Crippen molar-refractivity contribution in [2.24, 2.45) is 0 Å². The van der Waals surface area contributed by atoms with Gasteiger partial charge in [0.1, 0.15) is 5.76 Å². The van der Waals surface area contributed by atoms with Crippen LogP contribution in [0, 0.1) is 0 Å². The van der Waals surface area contributed by atoms with Crippen LogP contribution in [0.3, 0.4) is 0 Å². The number of allylic oxidation sites excluding steroid dienone is 1. The second-order valence-electron chi connectivity index (χ2n) is 5.74. The summed E-state index contributed by atoms with van der Waals surface area (Å²) >= 11 is 0. The fraction of sp³-hybridized carbons (Fsp3) is 0.684. The van der Waals surface area contributed by atoms with Gasteiger partial charge in [-0.2, -0.15) is 0 Å². The lowest BCUT2D eigenvalue weighted by Gasteiger charge is -2.01. The Morgan fingerprint density at radius 3 is 2.00 bits per heavy atom. The van der Waals surface area contributed by atoms with Crippen LogP contribution in [-0.4, -0.2) is 0 Å². The molecule has 1 aromatic rings. The molecule has 1 rings (SSSR count). The highest BCUT2D eigenvalue weighted by molar-refractivity contribution is 5.41. The van der Waals surface area contributed by atoms with Crippen molar-refractivity contribution < 1.29 is 4.42 Å². The third-order valence-electron chi connectivity index (χ3n) is 3.80. The van der Waals surface area contributed by atoms with E-state index < -0.39 is 0 Å². The molecular weight excluding hydrogens is 244 g/mol. The van der Waals surface area contributed by atoms with Crippen molar-refractivity contribution in [3.8, 4) is 0 Å². The lowest BCUT2D eigenvalue weighted by Crippen LogP contribution is -1.81. The lowest BCUT2D eigenvalue weighted by atomic mass is 10.1. The van der Waals surface area contributed by atoms with E-state index >= 15 is 0 Å². The zero-order valence-corrected chi connectivity index (χ0v) is 13.3. The largest absolute Gasteiger partial charge is 0.465 e. The van der Waals surface area contributed by atoms with Crippen molar-refractivity contribution >= 4 is 6.08 Å². The first-order chi connectivity index (χ1) is 9.93. The van der Waals surface area contributed by atoms with Crippen LogP contribution in [-0.2, 0) is 0 Å². The van der Waals surface area contributed by atoms with Crippen molar-refractivity contribution in [3.63, 3.8) is 0 Å².